The largest absolute Gasteiger partial charge is 0.393 e. The first-order valence-electron chi connectivity index (χ1n) is 5.30. The zero-order chi connectivity index (χ0) is 10.6. The van der Waals surface area contributed by atoms with Gasteiger partial charge in [-0.15, -0.1) is 11.3 Å². The normalized spacial score (nSPS) is 19.6. The highest BCUT2D eigenvalue weighted by molar-refractivity contribution is 7.11. The standard InChI is InChI=1S/C8H11NOS.C3H8/c1-5-9-7-3-2-6(10)4-8(7)11-5;1-3-2/h6,10H,2-4H2,1H3;3H2,1-2H3. The van der Waals surface area contributed by atoms with Gasteiger partial charge in [-0.1, -0.05) is 20.3 Å². The number of thiazole rings is 1. The Balaban J connectivity index is 0.000000293. The van der Waals surface area contributed by atoms with E-state index >= 15 is 0 Å². The smallest absolute Gasteiger partial charge is 0.0900 e. The maximum Gasteiger partial charge on any atom is 0.0900 e. The van der Waals surface area contributed by atoms with Crippen molar-refractivity contribution in [3.05, 3.63) is 15.6 Å². The number of aromatic nitrogens is 1. The van der Waals surface area contributed by atoms with Crippen LogP contribution in [0.25, 0.3) is 0 Å². The fourth-order valence-corrected chi connectivity index (χ4v) is 2.54. The Morgan fingerprint density at radius 3 is 2.79 bits per heavy atom. The Labute approximate surface area is 90.0 Å². The summed E-state index contributed by atoms with van der Waals surface area (Å²) in [6.07, 6.45) is 3.79. The molecule has 1 aromatic rings. The van der Waals surface area contributed by atoms with Crippen molar-refractivity contribution in [3.63, 3.8) is 0 Å². The van der Waals surface area contributed by atoms with E-state index in [1.165, 1.54) is 17.0 Å². The first kappa shape index (κ1) is 11.7. The highest BCUT2D eigenvalue weighted by Crippen LogP contribution is 2.26. The molecule has 1 aromatic heterocycles. The molecule has 0 aliphatic heterocycles. The maximum atomic E-state index is 9.34. The molecule has 0 radical (unpaired) electrons. The van der Waals surface area contributed by atoms with Gasteiger partial charge < -0.3 is 5.11 Å². The monoisotopic (exact) mass is 213 g/mol. The Morgan fingerprint density at radius 2 is 2.14 bits per heavy atom. The molecule has 1 aliphatic rings. The third-order valence-corrected chi connectivity index (χ3v) is 3.06. The lowest BCUT2D eigenvalue weighted by atomic mass is 10.0. The zero-order valence-corrected chi connectivity index (χ0v) is 10.0. The Hall–Kier alpha value is -0.410. The van der Waals surface area contributed by atoms with Crippen LogP contribution in [0.4, 0.5) is 0 Å². The highest BCUT2D eigenvalue weighted by Gasteiger charge is 2.19. The molecule has 2 rings (SSSR count). The van der Waals surface area contributed by atoms with Crippen molar-refractivity contribution in [3.8, 4) is 0 Å². The zero-order valence-electron chi connectivity index (χ0n) is 9.21. The molecule has 0 bridgehead atoms. The molecule has 0 fully saturated rings. The minimum Gasteiger partial charge on any atom is -0.393 e. The Bertz CT molecular complexity index is 283. The lowest BCUT2D eigenvalue weighted by Gasteiger charge is -2.14. The fourth-order valence-electron chi connectivity index (χ4n) is 1.49. The van der Waals surface area contributed by atoms with Gasteiger partial charge in [0.1, 0.15) is 0 Å². The van der Waals surface area contributed by atoms with Crippen molar-refractivity contribution in [1.29, 1.82) is 0 Å². The topological polar surface area (TPSA) is 33.1 Å². The second-order valence-electron chi connectivity index (χ2n) is 3.71. The SMILES string of the molecule is CCC.Cc1nc2c(s1)CC(O)CC2. The summed E-state index contributed by atoms with van der Waals surface area (Å²) < 4.78 is 0. The van der Waals surface area contributed by atoms with Gasteiger partial charge in [0, 0.05) is 11.3 Å². The number of hydrogen-bond acceptors (Lipinski definition) is 3. The van der Waals surface area contributed by atoms with Gasteiger partial charge in [-0.05, 0) is 19.8 Å². The number of aliphatic hydroxyl groups is 1. The van der Waals surface area contributed by atoms with Crippen LogP contribution in [0.1, 0.15) is 42.3 Å². The van der Waals surface area contributed by atoms with Crippen LogP contribution in [0, 0.1) is 6.92 Å². The van der Waals surface area contributed by atoms with Gasteiger partial charge in [-0.2, -0.15) is 0 Å². The summed E-state index contributed by atoms with van der Waals surface area (Å²) in [6, 6.07) is 0. The second-order valence-corrected chi connectivity index (χ2v) is 4.99. The van der Waals surface area contributed by atoms with E-state index in [0.717, 1.165) is 24.3 Å². The third kappa shape index (κ3) is 3.07. The summed E-state index contributed by atoms with van der Waals surface area (Å²) >= 11 is 1.72. The number of hydrogen-bond donors (Lipinski definition) is 1. The summed E-state index contributed by atoms with van der Waals surface area (Å²) in [5, 5.41) is 10.5. The molecular weight excluding hydrogens is 194 g/mol. The minimum absolute atomic E-state index is 0.123. The molecule has 0 saturated carbocycles. The molecule has 80 valence electrons. The average Bonchev–Trinajstić information content (AvgIpc) is 2.45. The molecule has 0 amide bonds. The van der Waals surface area contributed by atoms with Crippen molar-refractivity contribution < 1.29 is 5.11 Å². The van der Waals surface area contributed by atoms with Gasteiger partial charge in [-0.25, -0.2) is 4.98 Å². The van der Waals surface area contributed by atoms with Gasteiger partial charge >= 0.3 is 0 Å². The molecule has 3 heteroatoms. The number of nitrogens with zero attached hydrogens (tertiary/aromatic N) is 1. The first-order valence-corrected chi connectivity index (χ1v) is 6.12. The van der Waals surface area contributed by atoms with Crippen molar-refractivity contribution in [1.82, 2.24) is 4.98 Å². The molecule has 0 saturated heterocycles. The highest BCUT2D eigenvalue weighted by atomic mass is 32.1. The van der Waals surface area contributed by atoms with E-state index in [0.29, 0.717) is 0 Å². The number of fused-ring (bicyclic) bond motifs is 1. The molecule has 1 aliphatic carbocycles. The van der Waals surface area contributed by atoms with Crippen LogP contribution < -0.4 is 0 Å². The lowest BCUT2D eigenvalue weighted by Crippen LogP contribution is -2.17. The van der Waals surface area contributed by atoms with Crippen molar-refractivity contribution in [2.75, 3.05) is 0 Å². The summed E-state index contributed by atoms with van der Waals surface area (Å²) in [5.74, 6) is 0. The summed E-state index contributed by atoms with van der Waals surface area (Å²) in [6.45, 7) is 6.27. The van der Waals surface area contributed by atoms with Gasteiger partial charge in [0.2, 0.25) is 0 Å². The van der Waals surface area contributed by atoms with E-state index in [2.05, 4.69) is 18.8 Å². The third-order valence-electron chi connectivity index (χ3n) is 2.02. The van der Waals surface area contributed by atoms with E-state index in [1.54, 1.807) is 11.3 Å². The molecule has 0 aromatic carbocycles. The molecule has 1 unspecified atom stereocenters. The number of aryl methyl sites for hydroxylation is 2. The van der Waals surface area contributed by atoms with E-state index in [-0.39, 0.29) is 6.10 Å². The van der Waals surface area contributed by atoms with E-state index < -0.39 is 0 Å². The first-order chi connectivity index (χ1) is 6.67. The van der Waals surface area contributed by atoms with Gasteiger partial charge in [0.25, 0.3) is 0 Å². The van der Waals surface area contributed by atoms with Crippen molar-refractivity contribution >= 4 is 11.3 Å². The van der Waals surface area contributed by atoms with E-state index in [4.69, 9.17) is 0 Å². The van der Waals surface area contributed by atoms with Gasteiger partial charge in [0.05, 0.1) is 16.8 Å². The van der Waals surface area contributed by atoms with Gasteiger partial charge in [-0.3, -0.25) is 0 Å². The van der Waals surface area contributed by atoms with Crippen LogP contribution >= 0.6 is 11.3 Å². The Kier molecular flexibility index (Phi) is 4.55. The van der Waals surface area contributed by atoms with Crippen molar-refractivity contribution in [2.45, 2.75) is 52.6 Å². The predicted molar refractivity (Wildman–Crippen MR) is 60.8 cm³/mol. The molecule has 0 spiro atoms. The Morgan fingerprint density at radius 1 is 1.50 bits per heavy atom. The second kappa shape index (κ2) is 5.47. The van der Waals surface area contributed by atoms with Crippen LogP contribution in [-0.4, -0.2) is 16.2 Å². The van der Waals surface area contributed by atoms with Crippen LogP contribution in [0.5, 0.6) is 0 Å². The van der Waals surface area contributed by atoms with Crippen LogP contribution in [-0.2, 0) is 12.8 Å². The predicted octanol–water partition coefficient (Wildman–Crippen LogP) is 2.72. The quantitative estimate of drug-likeness (QED) is 0.719. The van der Waals surface area contributed by atoms with Crippen LogP contribution in [0.2, 0.25) is 0 Å². The molecule has 1 heterocycles. The minimum atomic E-state index is -0.123. The van der Waals surface area contributed by atoms with Crippen LogP contribution in [0.15, 0.2) is 0 Å². The number of rotatable bonds is 0. The average molecular weight is 213 g/mol. The van der Waals surface area contributed by atoms with E-state index in [1.807, 2.05) is 6.92 Å². The van der Waals surface area contributed by atoms with E-state index in [9.17, 15) is 5.11 Å². The summed E-state index contributed by atoms with van der Waals surface area (Å²) in [5.41, 5.74) is 1.22. The molecule has 1 N–H and O–H groups in total. The molecule has 2 nitrogen and oxygen atoms in total. The maximum absolute atomic E-state index is 9.34. The molecular formula is C11H19NOS. The van der Waals surface area contributed by atoms with Crippen molar-refractivity contribution in [2.24, 2.45) is 0 Å². The van der Waals surface area contributed by atoms with Gasteiger partial charge in [0.15, 0.2) is 0 Å². The number of aliphatic hydroxyl groups excluding tert-OH is 1. The van der Waals surface area contributed by atoms with Crippen LogP contribution in [0.3, 0.4) is 0 Å². The fraction of sp³-hybridized carbons (Fsp3) is 0.727. The lowest BCUT2D eigenvalue weighted by molar-refractivity contribution is 0.159. The molecule has 1 atom stereocenters. The summed E-state index contributed by atoms with van der Waals surface area (Å²) in [7, 11) is 0. The summed E-state index contributed by atoms with van der Waals surface area (Å²) in [4.78, 5) is 5.69. The molecule has 14 heavy (non-hydrogen) atoms.